The summed E-state index contributed by atoms with van der Waals surface area (Å²) in [6.07, 6.45) is 8.64. The number of benzene rings is 1. The second-order valence-electron chi connectivity index (χ2n) is 6.81. The topological polar surface area (TPSA) is 117 Å². The number of hydrogen-bond acceptors (Lipinski definition) is 5. The Labute approximate surface area is 162 Å². The van der Waals surface area contributed by atoms with Crippen molar-refractivity contribution < 1.29 is 13.9 Å². The lowest BCUT2D eigenvalue weighted by Crippen LogP contribution is -2.28. The van der Waals surface area contributed by atoms with Crippen LogP contribution in [0.25, 0.3) is 0 Å². The van der Waals surface area contributed by atoms with Gasteiger partial charge in [-0.3, -0.25) is 19.3 Å². The van der Waals surface area contributed by atoms with Crippen molar-refractivity contribution in [2.45, 2.75) is 50.3 Å². The molecule has 0 aliphatic heterocycles. The smallest absolute Gasteiger partial charge is 0.243 e. The summed E-state index contributed by atoms with van der Waals surface area (Å²) in [5.41, 5.74) is 1.01. The Morgan fingerprint density at radius 1 is 1.19 bits per heavy atom. The SMILES string of the molecule is CC=CC(=O)NCCc1ccc(S(O)(O)C(=N)C(=N)C2CCCCC2)cc1. The summed E-state index contributed by atoms with van der Waals surface area (Å²) < 4.78 is 21.1. The van der Waals surface area contributed by atoms with Gasteiger partial charge in [0.25, 0.3) is 0 Å². The van der Waals surface area contributed by atoms with E-state index >= 15 is 0 Å². The third-order valence-corrected chi connectivity index (χ3v) is 6.54. The summed E-state index contributed by atoms with van der Waals surface area (Å²) in [6.45, 7) is 2.27. The average Bonchev–Trinajstić information content (AvgIpc) is 2.68. The Morgan fingerprint density at radius 3 is 2.41 bits per heavy atom. The highest BCUT2D eigenvalue weighted by Crippen LogP contribution is 2.50. The molecule has 1 aliphatic rings. The fraction of sp³-hybridized carbons (Fsp3) is 0.450. The lowest BCUT2D eigenvalue weighted by Gasteiger charge is -2.35. The number of hydrogen-bond donors (Lipinski definition) is 5. The summed E-state index contributed by atoms with van der Waals surface area (Å²) in [4.78, 5) is 11.6. The fourth-order valence-corrected chi connectivity index (χ4v) is 4.46. The predicted molar refractivity (Wildman–Crippen MR) is 111 cm³/mol. The van der Waals surface area contributed by atoms with Gasteiger partial charge in [-0.2, -0.15) is 0 Å². The van der Waals surface area contributed by atoms with E-state index in [1.807, 2.05) is 0 Å². The molecule has 0 aromatic heterocycles. The standard InChI is InChI=1S/C20H29N3O3S/c1-2-6-18(24)23-14-13-15-9-11-17(12-10-15)27(25,26)20(22)19(21)16-7-4-3-5-8-16/h2,6,9-12,16,21-22,25-26H,3-5,7-8,13-14H2,1H3,(H,23,24). The molecule has 0 heterocycles. The molecular formula is C20H29N3O3S. The van der Waals surface area contributed by atoms with E-state index in [1.165, 1.54) is 6.08 Å². The first-order valence-corrected chi connectivity index (χ1v) is 10.9. The monoisotopic (exact) mass is 391 g/mol. The second kappa shape index (κ2) is 9.82. The van der Waals surface area contributed by atoms with Crippen molar-refractivity contribution in [3.63, 3.8) is 0 Å². The maximum atomic E-state index is 11.4. The first kappa shape index (κ1) is 21.3. The van der Waals surface area contributed by atoms with Gasteiger partial charge >= 0.3 is 0 Å². The van der Waals surface area contributed by atoms with Crippen LogP contribution in [0.3, 0.4) is 0 Å². The molecule has 148 valence electrons. The molecule has 0 atom stereocenters. The van der Waals surface area contributed by atoms with E-state index < -0.39 is 10.6 Å². The predicted octanol–water partition coefficient (Wildman–Crippen LogP) is 4.61. The van der Waals surface area contributed by atoms with Gasteiger partial charge < -0.3 is 10.7 Å². The van der Waals surface area contributed by atoms with E-state index in [1.54, 1.807) is 37.3 Å². The quantitative estimate of drug-likeness (QED) is 0.265. The Bertz CT molecular complexity index is 708. The molecule has 27 heavy (non-hydrogen) atoms. The second-order valence-corrected chi connectivity index (χ2v) is 8.79. The van der Waals surface area contributed by atoms with E-state index in [-0.39, 0.29) is 27.5 Å². The number of carbonyl (C=O) groups excluding carboxylic acids is 1. The molecule has 1 saturated carbocycles. The maximum absolute atomic E-state index is 11.4. The van der Waals surface area contributed by atoms with Crippen molar-refractivity contribution in [2.75, 3.05) is 6.54 Å². The molecule has 2 rings (SSSR count). The van der Waals surface area contributed by atoms with Crippen LogP contribution < -0.4 is 5.32 Å². The van der Waals surface area contributed by atoms with Crippen LogP contribution in [0.2, 0.25) is 0 Å². The average molecular weight is 392 g/mol. The molecule has 0 bridgehead atoms. The molecule has 6 nitrogen and oxygen atoms in total. The summed E-state index contributed by atoms with van der Waals surface area (Å²) in [5, 5.41) is 18.8. The molecule has 5 N–H and O–H groups in total. The van der Waals surface area contributed by atoms with E-state index in [0.29, 0.717) is 13.0 Å². The Morgan fingerprint density at radius 2 is 1.81 bits per heavy atom. The van der Waals surface area contributed by atoms with Crippen LogP contribution >= 0.6 is 10.6 Å². The minimum atomic E-state index is -3.47. The molecule has 7 heteroatoms. The first-order valence-electron chi connectivity index (χ1n) is 9.31. The number of carbonyl (C=O) groups is 1. The molecule has 0 saturated heterocycles. The number of amides is 1. The zero-order valence-corrected chi connectivity index (χ0v) is 16.5. The summed E-state index contributed by atoms with van der Waals surface area (Å²) >= 11 is 0. The van der Waals surface area contributed by atoms with Crippen LogP contribution in [-0.2, 0) is 11.2 Å². The first-order chi connectivity index (χ1) is 12.9. The summed E-state index contributed by atoms with van der Waals surface area (Å²) in [7, 11) is -3.47. The zero-order valence-electron chi connectivity index (χ0n) is 15.7. The van der Waals surface area contributed by atoms with Gasteiger partial charge in [-0.15, -0.1) is 10.6 Å². The van der Waals surface area contributed by atoms with E-state index in [4.69, 9.17) is 10.8 Å². The Kier molecular flexibility index (Phi) is 7.77. The zero-order chi connectivity index (χ0) is 19.9. The lowest BCUT2D eigenvalue weighted by atomic mass is 9.86. The van der Waals surface area contributed by atoms with Crippen molar-refractivity contribution >= 4 is 27.3 Å². The van der Waals surface area contributed by atoms with Gasteiger partial charge in [0.15, 0.2) is 5.04 Å². The van der Waals surface area contributed by atoms with Crippen LogP contribution in [0, 0.1) is 16.7 Å². The van der Waals surface area contributed by atoms with Crippen molar-refractivity contribution in [1.29, 1.82) is 10.8 Å². The van der Waals surface area contributed by atoms with Gasteiger partial charge in [0.05, 0.1) is 10.6 Å². The third-order valence-electron chi connectivity index (χ3n) is 4.83. The van der Waals surface area contributed by atoms with Crippen molar-refractivity contribution in [1.82, 2.24) is 5.32 Å². The van der Waals surface area contributed by atoms with Gasteiger partial charge in [-0.25, -0.2) is 0 Å². The lowest BCUT2D eigenvalue weighted by molar-refractivity contribution is -0.116. The van der Waals surface area contributed by atoms with Gasteiger partial charge in [-0.05, 0) is 50.0 Å². The van der Waals surface area contributed by atoms with E-state index in [2.05, 4.69) is 5.32 Å². The maximum Gasteiger partial charge on any atom is 0.243 e. The Hall–Kier alpha value is -1.96. The third kappa shape index (κ3) is 5.76. The van der Waals surface area contributed by atoms with Gasteiger partial charge in [-0.1, -0.05) is 37.5 Å². The molecule has 1 fully saturated rings. The van der Waals surface area contributed by atoms with Crippen molar-refractivity contribution in [3.8, 4) is 0 Å². The molecule has 0 unspecified atom stereocenters. The fourth-order valence-electron chi connectivity index (χ4n) is 3.23. The normalized spacial score (nSPS) is 16.3. The molecule has 1 aromatic carbocycles. The van der Waals surface area contributed by atoms with E-state index in [0.717, 1.165) is 37.7 Å². The van der Waals surface area contributed by atoms with Crippen LogP contribution in [-0.4, -0.2) is 32.3 Å². The molecule has 1 amide bonds. The number of allylic oxidation sites excluding steroid dienone is 1. The number of nitrogens with one attached hydrogen (secondary N) is 3. The largest absolute Gasteiger partial charge is 0.352 e. The van der Waals surface area contributed by atoms with Gasteiger partial charge in [0.2, 0.25) is 5.91 Å². The molecular weight excluding hydrogens is 362 g/mol. The highest BCUT2D eigenvalue weighted by atomic mass is 32.3. The molecule has 0 spiro atoms. The van der Waals surface area contributed by atoms with Gasteiger partial charge in [0, 0.05) is 12.5 Å². The van der Waals surface area contributed by atoms with Crippen molar-refractivity contribution in [3.05, 3.63) is 42.0 Å². The van der Waals surface area contributed by atoms with Gasteiger partial charge in [0.1, 0.15) is 0 Å². The Balaban J connectivity index is 1.98. The summed E-state index contributed by atoms with van der Waals surface area (Å²) in [5.74, 6) is -0.185. The minimum absolute atomic E-state index is 0.0440. The van der Waals surface area contributed by atoms with Crippen LogP contribution in [0.1, 0.15) is 44.6 Å². The molecule has 1 aromatic rings. The summed E-state index contributed by atoms with van der Waals surface area (Å²) in [6, 6.07) is 6.73. The van der Waals surface area contributed by atoms with Crippen LogP contribution in [0.4, 0.5) is 0 Å². The highest BCUT2D eigenvalue weighted by Gasteiger charge is 2.30. The van der Waals surface area contributed by atoms with Crippen LogP contribution in [0.5, 0.6) is 0 Å². The van der Waals surface area contributed by atoms with Crippen molar-refractivity contribution in [2.24, 2.45) is 5.92 Å². The van der Waals surface area contributed by atoms with Crippen LogP contribution in [0.15, 0.2) is 41.3 Å². The minimum Gasteiger partial charge on any atom is -0.352 e. The molecule has 0 radical (unpaired) electrons. The number of rotatable bonds is 7. The molecule has 1 aliphatic carbocycles. The highest BCUT2D eigenvalue weighted by molar-refractivity contribution is 8.38. The van der Waals surface area contributed by atoms with E-state index in [9.17, 15) is 13.9 Å².